The zero-order valence-corrected chi connectivity index (χ0v) is 14.2. The fraction of sp³-hybridized carbons (Fsp3) is 0.200. The minimum atomic E-state index is 0.511. The Kier molecular flexibility index (Phi) is 5.19. The van der Waals surface area contributed by atoms with Crippen molar-refractivity contribution in [1.29, 1.82) is 0 Å². The van der Waals surface area contributed by atoms with E-state index >= 15 is 0 Å². The lowest BCUT2D eigenvalue weighted by atomic mass is 10.1. The predicted octanol–water partition coefficient (Wildman–Crippen LogP) is 5.69. The molecule has 2 rings (SSSR count). The first-order valence-electron chi connectivity index (χ1n) is 6.03. The number of anilines is 1. The highest BCUT2D eigenvalue weighted by molar-refractivity contribution is 9.10. The molecule has 0 unspecified atom stereocenters. The van der Waals surface area contributed by atoms with Crippen molar-refractivity contribution in [3.63, 3.8) is 0 Å². The monoisotopic (exact) mass is 373 g/mol. The van der Waals surface area contributed by atoms with Crippen molar-refractivity contribution in [3.05, 3.63) is 56.0 Å². The molecule has 0 aliphatic heterocycles. The van der Waals surface area contributed by atoms with Crippen LogP contribution in [0.4, 0.5) is 5.69 Å². The molecule has 0 radical (unpaired) electrons. The van der Waals surface area contributed by atoms with Gasteiger partial charge in [-0.3, -0.25) is 0 Å². The number of ether oxygens (including phenoxy) is 1. The quantitative estimate of drug-likeness (QED) is 0.742. The van der Waals surface area contributed by atoms with Crippen molar-refractivity contribution in [2.45, 2.75) is 13.5 Å². The van der Waals surface area contributed by atoms with Gasteiger partial charge in [-0.1, -0.05) is 39.1 Å². The maximum atomic E-state index is 6.13. The first kappa shape index (κ1) is 15.5. The average Bonchev–Trinajstić information content (AvgIpc) is 2.37. The van der Waals surface area contributed by atoms with Gasteiger partial charge in [-0.25, -0.2) is 0 Å². The summed E-state index contributed by atoms with van der Waals surface area (Å²) in [4.78, 5) is 0. The number of hydrogen-bond donors (Lipinski definition) is 1. The van der Waals surface area contributed by atoms with Crippen LogP contribution in [0, 0.1) is 6.92 Å². The van der Waals surface area contributed by atoms with E-state index < -0.39 is 0 Å². The summed E-state index contributed by atoms with van der Waals surface area (Å²) in [5.41, 5.74) is 3.25. The lowest BCUT2D eigenvalue weighted by molar-refractivity contribution is 0.415. The Morgan fingerprint density at radius 1 is 1.15 bits per heavy atom. The summed E-state index contributed by atoms with van der Waals surface area (Å²) in [6.07, 6.45) is 0. The van der Waals surface area contributed by atoms with Gasteiger partial charge in [0.15, 0.2) is 5.75 Å². The molecule has 0 saturated heterocycles. The van der Waals surface area contributed by atoms with Gasteiger partial charge in [0.2, 0.25) is 0 Å². The molecule has 0 bridgehead atoms. The van der Waals surface area contributed by atoms with Crippen LogP contribution in [-0.2, 0) is 6.54 Å². The Balaban J connectivity index is 2.15. The zero-order chi connectivity index (χ0) is 14.7. The van der Waals surface area contributed by atoms with Crippen LogP contribution in [0.1, 0.15) is 11.1 Å². The first-order chi connectivity index (χ1) is 9.51. The van der Waals surface area contributed by atoms with Gasteiger partial charge in [-0.05, 0) is 48.4 Å². The van der Waals surface area contributed by atoms with Gasteiger partial charge in [0, 0.05) is 16.7 Å². The zero-order valence-electron chi connectivity index (χ0n) is 11.1. The second-order valence-electron chi connectivity index (χ2n) is 4.41. The van der Waals surface area contributed by atoms with Crippen LogP contribution in [0.3, 0.4) is 0 Å². The van der Waals surface area contributed by atoms with Crippen LogP contribution in [0.2, 0.25) is 10.0 Å². The SMILES string of the molecule is COc1c(Cl)cc(CNc2ccc(Br)cc2C)cc1Cl. The molecule has 0 amide bonds. The van der Waals surface area contributed by atoms with E-state index in [1.165, 1.54) is 5.56 Å². The van der Waals surface area contributed by atoms with Crippen LogP contribution in [-0.4, -0.2) is 7.11 Å². The highest BCUT2D eigenvalue weighted by Gasteiger charge is 2.08. The van der Waals surface area contributed by atoms with Crippen molar-refractivity contribution < 1.29 is 4.74 Å². The molecular formula is C15H14BrCl2NO. The smallest absolute Gasteiger partial charge is 0.156 e. The molecule has 0 fully saturated rings. The minimum Gasteiger partial charge on any atom is -0.494 e. The lowest BCUT2D eigenvalue weighted by Crippen LogP contribution is -2.01. The number of hydrogen-bond acceptors (Lipinski definition) is 2. The van der Waals surface area contributed by atoms with Crippen LogP contribution >= 0.6 is 39.1 Å². The van der Waals surface area contributed by atoms with Crippen molar-refractivity contribution in [1.82, 2.24) is 0 Å². The van der Waals surface area contributed by atoms with Crippen LogP contribution < -0.4 is 10.1 Å². The summed E-state index contributed by atoms with van der Waals surface area (Å²) < 4.78 is 6.20. The molecule has 0 aromatic heterocycles. The Hall–Kier alpha value is -0.900. The molecule has 2 aromatic rings. The molecule has 1 N–H and O–H groups in total. The van der Waals surface area contributed by atoms with E-state index in [0.717, 1.165) is 15.7 Å². The Bertz CT molecular complexity index is 608. The van der Waals surface area contributed by atoms with Gasteiger partial charge in [0.05, 0.1) is 17.2 Å². The molecule has 0 spiro atoms. The number of methoxy groups -OCH3 is 1. The average molecular weight is 375 g/mol. The van der Waals surface area contributed by atoms with E-state index in [1.807, 2.05) is 24.3 Å². The maximum absolute atomic E-state index is 6.13. The normalized spacial score (nSPS) is 10.4. The van der Waals surface area contributed by atoms with Crippen molar-refractivity contribution >= 4 is 44.8 Å². The molecule has 0 aliphatic rings. The second kappa shape index (κ2) is 6.70. The third kappa shape index (κ3) is 3.60. The van der Waals surface area contributed by atoms with Crippen LogP contribution in [0.5, 0.6) is 5.75 Å². The molecule has 2 aromatic carbocycles. The van der Waals surface area contributed by atoms with Crippen molar-refractivity contribution in [3.8, 4) is 5.75 Å². The number of rotatable bonds is 4. The minimum absolute atomic E-state index is 0.511. The van der Waals surface area contributed by atoms with Gasteiger partial charge in [-0.2, -0.15) is 0 Å². The van der Waals surface area contributed by atoms with Gasteiger partial charge < -0.3 is 10.1 Å². The summed E-state index contributed by atoms with van der Waals surface area (Å²) in [7, 11) is 1.55. The van der Waals surface area contributed by atoms with E-state index in [4.69, 9.17) is 27.9 Å². The molecule has 0 aliphatic carbocycles. The fourth-order valence-corrected chi connectivity index (χ4v) is 3.09. The summed E-state index contributed by atoms with van der Waals surface area (Å²) in [5, 5.41) is 4.41. The number of nitrogens with one attached hydrogen (secondary N) is 1. The molecule has 106 valence electrons. The predicted molar refractivity (Wildman–Crippen MR) is 89.2 cm³/mol. The number of halogens is 3. The molecule has 5 heteroatoms. The van der Waals surface area contributed by atoms with E-state index in [-0.39, 0.29) is 0 Å². The van der Waals surface area contributed by atoms with Gasteiger partial charge in [-0.15, -0.1) is 0 Å². The molecular weight excluding hydrogens is 361 g/mol. The molecule has 0 heterocycles. The van der Waals surface area contributed by atoms with Gasteiger partial charge >= 0.3 is 0 Å². The standard InChI is InChI=1S/C15H14BrCl2NO/c1-9-5-11(16)3-4-14(9)19-8-10-6-12(17)15(20-2)13(18)7-10/h3-7,19H,8H2,1-2H3. The first-order valence-corrected chi connectivity index (χ1v) is 7.58. The lowest BCUT2D eigenvalue weighted by Gasteiger charge is -2.12. The second-order valence-corrected chi connectivity index (χ2v) is 6.14. The van der Waals surface area contributed by atoms with Crippen molar-refractivity contribution in [2.24, 2.45) is 0 Å². The Morgan fingerprint density at radius 2 is 1.80 bits per heavy atom. The third-order valence-corrected chi connectivity index (χ3v) is 3.99. The van der Waals surface area contributed by atoms with E-state index in [0.29, 0.717) is 22.3 Å². The summed E-state index contributed by atoms with van der Waals surface area (Å²) in [6.45, 7) is 2.70. The Morgan fingerprint density at radius 3 is 2.35 bits per heavy atom. The summed E-state index contributed by atoms with van der Waals surface area (Å²) >= 11 is 15.7. The number of aryl methyl sites for hydroxylation is 1. The van der Waals surface area contributed by atoms with E-state index in [2.05, 4.69) is 34.2 Å². The van der Waals surface area contributed by atoms with E-state index in [9.17, 15) is 0 Å². The number of benzene rings is 2. The summed E-state index contributed by atoms with van der Waals surface area (Å²) in [6, 6.07) is 9.81. The molecule has 20 heavy (non-hydrogen) atoms. The molecule has 0 saturated carbocycles. The Labute approximate surface area is 137 Å². The van der Waals surface area contributed by atoms with Crippen LogP contribution in [0.15, 0.2) is 34.8 Å². The topological polar surface area (TPSA) is 21.3 Å². The molecule has 0 atom stereocenters. The molecule has 2 nitrogen and oxygen atoms in total. The van der Waals surface area contributed by atoms with Crippen molar-refractivity contribution in [2.75, 3.05) is 12.4 Å². The van der Waals surface area contributed by atoms with Crippen LogP contribution in [0.25, 0.3) is 0 Å². The van der Waals surface area contributed by atoms with E-state index in [1.54, 1.807) is 7.11 Å². The fourth-order valence-electron chi connectivity index (χ4n) is 1.93. The highest BCUT2D eigenvalue weighted by atomic mass is 79.9. The van der Waals surface area contributed by atoms with Gasteiger partial charge in [0.25, 0.3) is 0 Å². The largest absolute Gasteiger partial charge is 0.494 e. The van der Waals surface area contributed by atoms with Gasteiger partial charge in [0.1, 0.15) is 0 Å². The maximum Gasteiger partial charge on any atom is 0.156 e. The third-order valence-electron chi connectivity index (χ3n) is 2.93. The summed E-state index contributed by atoms with van der Waals surface area (Å²) in [5.74, 6) is 0.511. The highest BCUT2D eigenvalue weighted by Crippen LogP contribution is 2.34.